The maximum Gasteiger partial charge on any atom is 0.273 e. The van der Waals surface area contributed by atoms with Gasteiger partial charge in [0.2, 0.25) is 0 Å². The van der Waals surface area contributed by atoms with E-state index in [2.05, 4.69) is 102 Å². The molecule has 6 saturated heterocycles. The van der Waals surface area contributed by atoms with Crippen LogP contribution in [0, 0.1) is 87.3 Å². The molecule has 0 aromatic rings. The average Bonchev–Trinajstić information content (AvgIpc) is 1.50. The van der Waals surface area contributed by atoms with Gasteiger partial charge in [0.05, 0.1) is 67.1 Å². The number of carbonyl (C=O) groups is 2. The molecule has 0 radical (unpaired) electrons. The van der Waals surface area contributed by atoms with Crippen molar-refractivity contribution in [1.29, 1.82) is 5.26 Å². The van der Waals surface area contributed by atoms with Crippen LogP contribution in [0.2, 0.25) is 0 Å². The number of aliphatic hydroxyl groups excluding tert-OH is 2. The van der Waals surface area contributed by atoms with Crippen LogP contribution in [-0.4, -0.2) is 123 Å². The fraction of sp³-hybridized carbons (Fsp3) is 0.812. The van der Waals surface area contributed by atoms with E-state index in [9.17, 15) is 24.9 Å². The number of aliphatic hydroxyl groups is 3. The van der Waals surface area contributed by atoms with Crippen LogP contribution < -0.4 is 0 Å². The molecule has 7 heterocycles. The number of hydrogen-bond acceptors (Lipinski definition) is 14. The van der Waals surface area contributed by atoms with Crippen molar-refractivity contribution in [3.05, 3.63) is 57.7 Å². The lowest BCUT2D eigenvalue weighted by Crippen LogP contribution is -2.66. The maximum atomic E-state index is 13.8. The zero-order valence-corrected chi connectivity index (χ0v) is 52.9. The van der Waals surface area contributed by atoms with Crippen LogP contribution in [0.1, 0.15) is 178 Å². The molecule has 84 heavy (non-hydrogen) atoms. The van der Waals surface area contributed by atoms with Crippen LogP contribution in [0.25, 0.3) is 0 Å². The first-order valence-corrected chi connectivity index (χ1v) is 33.6. The first-order chi connectivity index (χ1) is 39.8. The van der Waals surface area contributed by atoms with Gasteiger partial charge in [-0.3, -0.25) is 9.59 Å². The van der Waals surface area contributed by atoms with E-state index in [0.29, 0.717) is 67.3 Å². The fourth-order valence-corrected chi connectivity index (χ4v) is 23.5. The number of rotatable bonds is 0. The largest absolute Gasteiger partial charge is 0.390 e. The third-order valence-electron chi connectivity index (χ3n) is 27.3. The van der Waals surface area contributed by atoms with Gasteiger partial charge in [-0.05, 0) is 159 Å². The van der Waals surface area contributed by atoms with Crippen LogP contribution in [0.5, 0.6) is 0 Å². The quantitative estimate of drug-likeness (QED) is 0.153. The van der Waals surface area contributed by atoms with Gasteiger partial charge in [0, 0.05) is 66.8 Å². The molecule has 23 atom stereocenters. The number of nitriles is 1. The first-order valence-electron chi connectivity index (χ1n) is 32.8. The zero-order valence-electron chi connectivity index (χ0n) is 51.4. The van der Waals surface area contributed by atoms with Gasteiger partial charge in [-0.2, -0.15) is 0 Å². The monoisotopic (exact) mass is 1220 g/mol. The molecule has 6 bridgehead atoms. The summed E-state index contributed by atoms with van der Waals surface area (Å²) in [5.74, 6) is 3.44. The average molecular weight is 1230 g/mol. The molecule has 15 heteroatoms. The minimum Gasteiger partial charge on any atom is -0.390 e. The minimum absolute atomic E-state index is 0.0120. The van der Waals surface area contributed by atoms with E-state index in [1.165, 1.54) is 16.7 Å². The van der Waals surface area contributed by atoms with Crippen LogP contribution in [0.15, 0.2) is 57.7 Å². The first kappa shape index (κ1) is 59.2. The van der Waals surface area contributed by atoms with Crippen LogP contribution in [0.3, 0.4) is 0 Å². The molecule has 7 saturated carbocycles. The highest BCUT2D eigenvalue weighted by Gasteiger charge is 2.73. The Morgan fingerprint density at radius 3 is 2.10 bits per heavy atom. The predicted molar refractivity (Wildman–Crippen MR) is 314 cm³/mol. The summed E-state index contributed by atoms with van der Waals surface area (Å²) >= 11 is 4.01. The van der Waals surface area contributed by atoms with Crippen molar-refractivity contribution in [3.8, 4) is 6.57 Å². The number of halogens is 1. The molecule has 0 aromatic carbocycles. The molecule has 3 N–H and O–H groups in total. The Hall–Kier alpha value is -2.43. The van der Waals surface area contributed by atoms with Crippen molar-refractivity contribution in [3.63, 3.8) is 0 Å². The van der Waals surface area contributed by atoms with Gasteiger partial charge in [-0.1, -0.05) is 108 Å². The summed E-state index contributed by atoms with van der Waals surface area (Å²) < 4.78 is 49.6. The maximum absolute atomic E-state index is 13.8. The Bertz CT molecular complexity index is 2940. The lowest BCUT2D eigenvalue weighted by atomic mass is 9.57. The molecule has 18 aliphatic rings. The van der Waals surface area contributed by atoms with Crippen molar-refractivity contribution in [2.45, 2.75) is 247 Å². The zero-order chi connectivity index (χ0) is 59.3. The van der Waals surface area contributed by atoms with Crippen molar-refractivity contribution in [1.82, 2.24) is 0 Å². The Morgan fingerprint density at radius 1 is 0.679 bits per heavy atom. The van der Waals surface area contributed by atoms with Crippen molar-refractivity contribution in [2.24, 2.45) is 75.4 Å². The highest BCUT2D eigenvalue weighted by molar-refractivity contribution is 9.10. The summed E-state index contributed by atoms with van der Waals surface area (Å²) in [6.45, 7) is 26.0. The molecule has 5 spiro atoms. The summed E-state index contributed by atoms with van der Waals surface area (Å²) in [7, 11) is 0. The Kier molecular flexibility index (Phi) is 13.9. The Morgan fingerprint density at radius 2 is 1.37 bits per heavy atom. The molecule has 6 unspecified atom stereocenters. The number of nitrogens with zero attached hydrogens (tertiary/aromatic N) is 1. The summed E-state index contributed by atoms with van der Waals surface area (Å²) in [5.41, 5.74) is 5.36. The van der Waals surface area contributed by atoms with Gasteiger partial charge in [0.25, 0.3) is 6.48 Å². The Labute approximate surface area is 506 Å². The Balaban J connectivity index is 0.000000111. The van der Waals surface area contributed by atoms with Crippen LogP contribution in [0.4, 0.5) is 0 Å². The van der Waals surface area contributed by atoms with E-state index in [1.54, 1.807) is 5.57 Å². The molecule has 18 rings (SSSR count). The van der Waals surface area contributed by atoms with E-state index in [0.717, 1.165) is 127 Å². The smallest absolute Gasteiger partial charge is 0.273 e. The highest BCUT2D eigenvalue weighted by Crippen LogP contribution is 2.70. The second kappa shape index (κ2) is 19.8. The minimum atomic E-state index is -0.843. The second-order valence-corrected chi connectivity index (χ2v) is 32.1. The summed E-state index contributed by atoms with van der Waals surface area (Å²) in [5, 5.41) is 39.2. The van der Waals surface area contributed by atoms with E-state index in [-0.39, 0.29) is 74.9 Å². The molecular formula is C69H94BrNO13. The number of alkyl halides is 1. The molecule has 0 aromatic heterocycles. The predicted octanol–water partition coefficient (Wildman–Crippen LogP) is 11.1. The number of Topliss-reactive ketones (excluding diaryl/α,β-unsaturated/α-hetero) is 2. The second-order valence-electron chi connectivity index (χ2n) is 30.8. The lowest BCUT2D eigenvalue weighted by molar-refractivity contribution is -0.442. The molecule has 13 fully saturated rings. The van der Waals surface area contributed by atoms with Gasteiger partial charge in [-0.15, -0.1) is 0 Å². The number of fused-ring (bicyclic) bond motifs is 9. The van der Waals surface area contributed by atoms with E-state index >= 15 is 0 Å². The molecule has 7 aliphatic heterocycles. The van der Waals surface area contributed by atoms with Gasteiger partial charge < -0.3 is 53.2 Å². The van der Waals surface area contributed by atoms with Crippen LogP contribution in [-0.2, 0) is 47.5 Å². The van der Waals surface area contributed by atoms with E-state index in [4.69, 9.17) is 43.2 Å². The summed E-state index contributed by atoms with van der Waals surface area (Å²) in [6, 6.07) is 0. The van der Waals surface area contributed by atoms with Crippen molar-refractivity contribution < 1.29 is 62.8 Å². The normalized spacial score (nSPS) is 53.2. The third-order valence-corrected chi connectivity index (χ3v) is 28.5. The highest BCUT2D eigenvalue weighted by atomic mass is 79.9. The van der Waals surface area contributed by atoms with Crippen molar-refractivity contribution in [2.75, 3.05) is 26.4 Å². The van der Waals surface area contributed by atoms with Crippen molar-refractivity contribution >= 4 is 27.5 Å². The number of allylic oxidation sites excluding steroid dienone is 5. The standard InChI is InChI=1S/C25H38O3.C23H29BrO6.C20H26O4.CHN/c1-15-14-24(26)8-6-19-20(12-22(24)18(4)17(15)3)16(2)13-23(5)21(19)7-9-25(23)27-10-11-28-25;1-12-16-10-21-5-3-14-13-4-6-23(26-7-8-27-23)20(13,2)11-17(25)22(14,24)9-15(21)18(12)29-19(28-16)30-21;1-11-10-19-7-8-20(24-19)12(9-13(19)17(23)16(11)22)5-6-18(2)14(20)3-4-15(18)21;1-2/h12,15-18,21,26H,6-11,13-14H2,1-5H3;9,12-14,16,18-19H,3-8,10-11H2,1-2H3;5,9,11,14,16-17,22-23H,3-4,6-8,10H2,1-2H3;1H/t15-,16?,17+,18-,21-,23-,24+;12?,13-,14-,16?,18?,19?,20-,21?,22-;11-,14+,16+,17+,18-,19+,20+;/m000./s1. The summed E-state index contributed by atoms with van der Waals surface area (Å²) in [6.07, 6.45) is 23.6. The van der Waals surface area contributed by atoms with Gasteiger partial charge in [-0.25, -0.2) is 5.26 Å². The van der Waals surface area contributed by atoms with E-state index < -0.39 is 40.0 Å². The SMILES string of the molecule is C#N.CC1C2CC34CC[C@H]5[C@@H]6CCC7(OCCO7)[C@@]6(C)CC(=O)[C@]5(Br)C=C3C1OC(O2)O4.CC1C[C@@]2(C)[C@@H](CCC23OCCO3)C2=C1C=C1[C@@H](C)[C@H](C)[C@@H](C)C[C@]1(O)CC2.C[C@H]1C[C@@]23CC[C@@]4(O2)C(=CC[C@]2(C)C(=O)CC[C@H]24)C=C3[C@@H](O)[C@@H]1O. The number of hydrogen-bond donors (Lipinski definition) is 3. The molecule has 0 amide bonds. The van der Waals surface area contributed by atoms with Gasteiger partial charge >= 0.3 is 0 Å². The fourth-order valence-electron chi connectivity index (χ4n) is 22.5. The lowest BCUT2D eigenvalue weighted by Gasteiger charge is -2.59. The molecule has 14 nitrogen and oxygen atoms in total. The molecular weight excluding hydrogens is 1130 g/mol. The molecule has 460 valence electrons. The molecule has 11 aliphatic carbocycles. The number of ketones is 2. The van der Waals surface area contributed by atoms with Gasteiger partial charge in [0.1, 0.15) is 16.2 Å². The summed E-state index contributed by atoms with van der Waals surface area (Å²) in [4.78, 5) is 26.4. The number of carbonyl (C=O) groups excluding carboxylic acids is 2. The third kappa shape index (κ3) is 7.82. The topological polar surface area (TPSA) is 192 Å². The number of ether oxygens (including phenoxy) is 8. The van der Waals surface area contributed by atoms with Gasteiger partial charge in [0.15, 0.2) is 17.4 Å². The van der Waals surface area contributed by atoms with Crippen LogP contribution >= 0.6 is 15.9 Å². The van der Waals surface area contributed by atoms with E-state index in [1.807, 2.05) is 6.92 Å².